The highest BCUT2D eigenvalue weighted by molar-refractivity contribution is 5.78. The summed E-state index contributed by atoms with van der Waals surface area (Å²) in [7, 11) is 0. The van der Waals surface area contributed by atoms with Crippen LogP contribution in [0.25, 0.3) is 0 Å². The molecule has 0 bridgehead atoms. The number of carbonyl (C=O) groups excluding carboxylic acids is 1. The first kappa shape index (κ1) is 19.5. The van der Waals surface area contributed by atoms with Crippen molar-refractivity contribution in [2.75, 3.05) is 13.2 Å². The van der Waals surface area contributed by atoms with E-state index in [4.69, 9.17) is 9.47 Å². The van der Waals surface area contributed by atoms with Crippen LogP contribution in [-0.4, -0.2) is 19.1 Å². The summed E-state index contributed by atoms with van der Waals surface area (Å²) in [6.45, 7) is 2.57. The quantitative estimate of drug-likeness (QED) is 0.587. The second kappa shape index (κ2) is 10.2. The third kappa shape index (κ3) is 5.36. The zero-order valence-corrected chi connectivity index (χ0v) is 16.0. The van der Waals surface area contributed by atoms with E-state index in [0.717, 1.165) is 17.5 Å². The van der Waals surface area contributed by atoms with Crippen molar-refractivity contribution < 1.29 is 14.3 Å². The van der Waals surface area contributed by atoms with Crippen molar-refractivity contribution >= 4 is 5.91 Å². The molecule has 0 aliphatic heterocycles. The molecule has 0 saturated carbocycles. The third-order valence-corrected chi connectivity index (χ3v) is 4.24. The zero-order valence-electron chi connectivity index (χ0n) is 16.0. The molecule has 3 aromatic rings. The lowest BCUT2D eigenvalue weighted by Crippen LogP contribution is -2.33. The molecule has 3 rings (SSSR count). The smallest absolute Gasteiger partial charge is 0.258 e. The van der Waals surface area contributed by atoms with E-state index >= 15 is 0 Å². The van der Waals surface area contributed by atoms with Crippen molar-refractivity contribution in [3.63, 3.8) is 0 Å². The molecule has 0 spiro atoms. The van der Waals surface area contributed by atoms with E-state index in [1.165, 1.54) is 0 Å². The largest absolute Gasteiger partial charge is 0.490 e. The molecule has 4 nitrogen and oxygen atoms in total. The number of hydrogen-bond acceptors (Lipinski definition) is 3. The maximum absolute atomic E-state index is 12.6. The number of benzene rings is 3. The van der Waals surface area contributed by atoms with Crippen LogP contribution in [-0.2, 0) is 4.79 Å². The van der Waals surface area contributed by atoms with Gasteiger partial charge in [-0.25, -0.2) is 0 Å². The van der Waals surface area contributed by atoms with E-state index in [2.05, 4.69) is 5.32 Å². The van der Waals surface area contributed by atoms with Gasteiger partial charge in [-0.05, 0) is 29.7 Å². The molecule has 3 aromatic carbocycles. The van der Waals surface area contributed by atoms with Gasteiger partial charge in [0, 0.05) is 0 Å². The second-order valence-electron chi connectivity index (χ2n) is 6.41. The van der Waals surface area contributed by atoms with Gasteiger partial charge in [-0.15, -0.1) is 0 Å². The first-order valence-electron chi connectivity index (χ1n) is 9.52. The van der Waals surface area contributed by atoms with Crippen molar-refractivity contribution in [1.82, 2.24) is 5.32 Å². The van der Waals surface area contributed by atoms with Gasteiger partial charge in [-0.3, -0.25) is 4.79 Å². The summed E-state index contributed by atoms with van der Waals surface area (Å²) < 4.78 is 11.4. The van der Waals surface area contributed by atoms with Gasteiger partial charge in [0.15, 0.2) is 18.1 Å². The highest BCUT2D eigenvalue weighted by Gasteiger charge is 2.17. The number of hydrogen-bond donors (Lipinski definition) is 1. The van der Waals surface area contributed by atoms with Crippen LogP contribution in [0.3, 0.4) is 0 Å². The lowest BCUT2D eigenvalue weighted by Gasteiger charge is -2.20. The fraction of sp³-hybridized carbons (Fsp3) is 0.208. The number of para-hydroxylation sites is 2. The molecule has 144 valence electrons. The van der Waals surface area contributed by atoms with Gasteiger partial charge in [0.25, 0.3) is 5.91 Å². The molecule has 0 atom stereocenters. The van der Waals surface area contributed by atoms with Gasteiger partial charge < -0.3 is 14.8 Å². The zero-order chi connectivity index (χ0) is 19.6. The van der Waals surface area contributed by atoms with Crippen LogP contribution >= 0.6 is 0 Å². The van der Waals surface area contributed by atoms with Gasteiger partial charge in [-0.2, -0.15) is 0 Å². The fourth-order valence-corrected chi connectivity index (χ4v) is 2.90. The van der Waals surface area contributed by atoms with Crippen LogP contribution in [0.2, 0.25) is 0 Å². The monoisotopic (exact) mass is 375 g/mol. The van der Waals surface area contributed by atoms with Crippen LogP contribution in [0, 0.1) is 0 Å². The molecule has 0 aliphatic rings. The molecular weight excluding hydrogens is 350 g/mol. The molecule has 0 unspecified atom stereocenters. The number of amides is 1. The Morgan fingerprint density at radius 2 is 1.29 bits per heavy atom. The molecule has 4 heteroatoms. The molecule has 0 aliphatic carbocycles. The Labute approximate surface area is 166 Å². The van der Waals surface area contributed by atoms with Crippen LogP contribution < -0.4 is 14.8 Å². The maximum atomic E-state index is 12.6. The second-order valence-corrected chi connectivity index (χ2v) is 6.41. The van der Waals surface area contributed by atoms with Crippen LogP contribution in [0.4, 0.5) is 0 Å². The first-order valence-corrected chi connectivity index (χ1v) is 9.52. The molecule has 0 aromatic heterocycles. The fourth-order valence-electron chi connectivity index (χ4n) is 2.90. The highest BCUT2D eigenvalue weighted by Crippen LogP contribution is 2.27. The topological polar surface area (TPSA) is 47.6 Å². The summed E-state index contributed by atoms with van der Waals surface area (Å²) in [5.41, 5.74) is 2.04. The molecule has 0 heterocycles. The Morgan fingerprint density at radius 3 is 1.82 bits per heavy atom. The predicted molar refractivity (Wildman–Crippen MR) is 111 cm³/mol. The summed E-state index contributed by atoms with van der Waals surface area (Å²) in [6.07, 6.45) is 0.907. The van der Waals surface area contributed by atoms with E-state index in [0.29, 0.717) is 18.1 Å². The van der Waals surface area contributed by atoms with Crippen LogP contribution in [0.1, 0.15) is 30.5 Å². The summed E-state index contributed by atoms with van der Waals surface area (Å²) in [6, 6.07) is 27.0. The average molecular weight is 375 g/mol. The highest BCUT2D eigenvalue weighted by atomic mass is 16.5. The van der Waals surface area contributed by atoms with E-state index in [1.54, 1.807) is 0 Å². The number of ether oxygens (including phenoxy) is 2. The standard InChI is InChI=1S/C24H25NO3/c1-2-17-27-21-15-9-10-16-22(21)28-18-23(26)25-24(19-11-5-3-6-12-19)20-13-7-4-8-14-20/h3-16,24H,2,17-18H2,1H3,(H,25,26). The van der Waals surface area contributed by atoms with Gasteiger partial charge in [0.05, 0.1) is 12.6 Å². The minimum atomic E-state index is -0.231. The van der Waals surface area contributed by atoms with E-state index in [-0.39, 0.29) is 18.6 Å². The minimum absolute atomic E-state index is 0.0807. The van der Waals surface area contributed by atoms with Crippen molar-refractivity contribution in [2.45, 2.75) is 19.4 Å². The average Bonchev–Trinajstić information content (AvgIpc) is 2.76. The Bertz CT molecular complexity index is 826. The Balaban J connectivity index is 1.68. The van der Waals surface area contributed by atoms with E-state index < -0.39 is 0 Å². The number of nitrogens with one attached hydrogen (secondary N) is 1. The van der Waals surface area contributed by atoms with Crippen molar-refractivity contribution in [3.8, 4) is 11.5 Å². The molecule has 0 fully saturated rings. The molecule has 1 N–H and O–H groups in total. The van der Waals surface area contributed by atoms with Gasteiger partial charge in [0.2, 0.25) is 0 Å². The first-order chi connectivity index (χ1) is 13.8. The van der Waals surface area contributed by atoms with E-state index in [9.17, 15) is 4.79 Å². The molecule has 1 amide bonds. The van der Waals surface area contributed by atoms with Gasteiger partial charge in [-0.1, -0.05) is 79.7 Å². The molecule has 28 heavy (non-hydrogen) atoms. The molecule has 0 radical (unpaired) electrons. The third-order valence-electron chi connectivity index (χ3n) is 4.24. The predicted octanol–water partition coefficient (Wildman–Crippen LogP) is 4.76. The lowest BCUT2D eigenvalue weighted by molar-refractivity contribution is -0.123. The summed E-state index contributed by atoms with van der Waals surface area (Å²) in [5.74, 6) is 1.03. The molecular formula is C24H25NO3. The number of rotatable bonds is 9. The molecule has 0 saturated heterocycles. The lowest BCUT2D eigenvalue weighted by atomic mass is 9.99. The maximum Gasteiger partial charge on any atom is 0.258 e. The Hall–Kier alpha value is -3.27. The summed E-state index contributed by atoms with van der Waals surface area (Å²) in [5, 5.41) is 3.08. The van der Waals surface area contributed by atoms with Crippen molar-refractivity contribution in [3.05, 3.63) is 96.1 Å². The van der Waals surface area contributed by atoms with Crippen molar-refractivity contribution in [2.24, 2.45) is 0 Å². The summed E-state index contributed by atoms with van der Waals surface area (Å²) in [4.78, 5) is 12.6. The van der Waals surface area contributed by atoms with Crippen LogP contribution in [0.5, 0.6) is 11.5 Å². The number of carbonyl (C=O) groups is 1. The van der Waals surface area contributed by atoms with Crippen LogP contribution in [0.15, 0.2) is 84.9 Å². The van der Waals surface area contributed by atoms with E-state index in [1.807, 2.05) is 91.9 Å². The summed E-state index contributed by atoms with van der Waals surface area (Å²) >= 11 is 0. The van der Waals surface area contributed by atoms with Gasteiger partial charge in [0.1, 0.15) is 0 Å². The van der Waals surface area contributed by atoms with Crippen molar-refractivity contribution in [1.29, 1.82) is 0 Å². The Morgan fingerprint density at radius 1 is 0.786 bits per heavy atom. The normalized spacial score (nSPS) is 10.5. The Kier molecular flexibility index (Phi) is 7.08. The SMILES string of the molecule is CCCOc1ccccc1OCC(=O)NC(c1ccccc1)c1ccccc1. The minimum Gasteiger partial charge on any atom is -0.490 e. The van der Waals surface area contributed by atoms with Gasteiger partial charge >= 0.3 is 0 Å².